The quantitative estimate of drug-likeness (QED) is 0.0252. The molecule has 0 aliphatic carbocycles. The van der Waals surface area contributed by atoms with Crippen LogP contribution in [0.5, 0.6) is 0 Å². The summed E-state index contributed by atoms with van der Waals surface area (Å²) in [5.41, 5.74) is 0. The summed E-state index contributed by atoms with van der Waals surface area (Å²) < 4.78 is 29.9. The van der Waals surface area contributed by atoms with Crippen molar-refractivity contribution in [2.45, 2.75) is 321 Å². The fraction of sp³-hybridized carbons (Fsp3) is 0.844. The molecule has 0 saturated carbocycles. The maximum Gasteiger partial charge on any atom is 0.308 e. The lowest BCUT2D eigenvalue weighted by molar-refractivity contribution is -0.200. The van der Waals surface area contributed by atoms with Crippen molar-refractivity contribution < 1.29 is 42.9 Å². The molecule has 1 heterocycles. The first-order chi connectivity index (χ1) is 36.2. The highest BCUT2D eigenvalue weighted by Crippen LogP contribution is 2.30. The maximum atomic E-state index is 13.5. The molecule has 0 radical (unpaired) electrons. The molecule has 0 N–H and O–H groups in total. The Kier molecular flexibility index (Phi) is 48.6. The minimum atomic E-state index is -1.30. The lowest BCUT2D eigenvalue weighted by Crippen LogP contribution is -2.42. The highest BCUT2D eigenvalue weighted by molar-refractivity contribution is 5.72. The largest absolute Gasteiger partial charge is 0.463 e. The summed E-state index contributed by atoms with van der Waals surface area (Å²) >= 11 is 0. The van der Waals surface area contributed by atoms with E-state index in [-0.39, 0.29) is 32.3 Å². The average molecular weight is 1040 g/mol. The van der Waals surface area contributed by atoms with Crippen LogP contribution in [0.2, 0.25) is 0 Å². The second kappa shape index (κ2) is 52.1. The molecular weight excluding hydrogens is 927 g/mol. The Morgan fingerprint density at radius 3 is 1.00 bits per heavy atom. The Balaban J connectivity index is 2.80. The van der Waals surface area contributed by atoms with Crippen molar-refractivity contribution in [3.63, 3.8) is 0 Å². The highest BCUT2D eigenvalue weighted by Gasteiger charge is 2.52. The number of nitrogens with zero attached hydrogens (tertiary/aromatic N) is 1. The molecule has 1 aliphatic heterocycles. The van der Waals surface area contributed by atoms with E-state index < -0.39 is 48.5 Å². The molecule has 0 spiro atoms. The average Bonchev–Trinajstić information content (AvgIpc) is 3.69. The van der Waals surface area contributed by atoms with Crippen molar-refractivity contribution in [3.8, 4) is 0 Å². The summed E-state index contributed by atoms with van der Waals surface area (Å²) in [5, 5.41) is 0. The van der Waals surface area contributed by atoms with E-state index in [0.717, 1.165) is 96.3 Å². The van der Waals surface area contributed by atoms with Gasteiger partial charge in [-0.25, -0.2) is 0 Å². The summed E-state index contributed by atoms with van der Waals surface area (Å²) in [5.74, 6) is -1.80. The van der Waals surface area contributed by atoms with Gasteiger partial charge >= 0.3 is 23.9 Å². The van der Waals surface area contributed by atoms with Gasteiger partial charge in [-0.2, -0.15) is 0 Å². The van der Waals surface area contributed by atoms with Crippen LogP contribution in [0.25, 0.3) is 0 Å². The van der Waals surface area contributed by atoms with E-state index in [9.17, 15) is 19.2 Å². The van der Waals surface area contributed by atoms with Crippen molar-refractivity contribution in [1.29, 1.82) is 0 Å². The summed E-state index contributed by atoms with van der Waals surface area (Å²) in [7, 11) is 3.76. The van der Waals surface area contributed by atoms with Crippen LogP contribution in [-0.2, 0) is 42.9 Å². The summed E-state index contributed by atoms with van der Waals surface area (Å²) in [4.78, 5) is 55.0. The fourth-order valence-electron chi connectivity index (χ4n) is 9.38. The SMILES string of the molecule is CCCCCCCC/C=C\CCCCCCCC(=O)OC1[C@H](OC(=O)CCCCCCC/C=C\CCCCCCCC)O[C@H](COC(=O)CCN(C)C)[C@@H]1OC(=O)CCCCCCC/C=C\CCCCCCCC. The first kappa shape index (κ1) is 69.0. The van der Waals surface area contributed by atoms with Gasteiger partial charge in [0.05, 0.1) is 6.42 Å². The number of unbranched alkanes of at least 4 members (excludes halogenated alkanes) is 33. The second-order valence-electron chi connectivity index (χ2n) is 21.7. The molecule has 430 valence electrons. The van der Waals surface area contributed by atoms with Crippen LogP contribution >= 0.6 is 0 Å². The Hall–Kier alpha value is -2.98. The van der Waals surface area contributed by atoms with Gasteiger partial charge in [-0.15, -0.1) is 0 Å². The molecule has 0 aromatic rings. The zero-order chi connectivity index (χ0) is 53.8. The predicted molar refractivity (Wildman–Crippen MR) is 307 cm³/mol. The first-order valence-electron chi connectivity index (χ1n) is 31.2. The summed E-state index contributed by atoms with van der Waals surface area (Å²) in [6.07, 6.45) is 55.1. The molecular formula is C64H115NO9. The number of esters is 4. The number of carbonyl (C=O) groups is 4. The minimum Gasteiger partial charge on any atom is -0.463 e. The molecule has 0 bridgehead atoms. The van der Waals surface area contributed by atoms with Gasteiger partial charge in [-0.1, -0.05) is 211 Å². The third kappa shape index (κ3) is 43.2. The Morgan fingerprint density at radius 2 is 0.662 bits per heavy atom. The molecule has 10 heteroatoms. The van der Waals surface area contributed by atoms with Crippen LogP contribution < -0.4 is 0 Å². The molecule has 10 nitrogen and oxygen atoms in total. The molecule has 74 heavy (non-hydrogen) atoms. The van der Waals surface area contributed by atoms with Gasteiger partial charge in [-0.05, 0) is 110 Å². The van der Waals surface area contributed by atoms with E-state index in [4.69, 9.17) is 23.7 Å². The molecule has 4 atom stereocenters. The number of carbonyl (C=O) groups excluding carboxylic acids is 4. The van der Waals surface area contributed by atoms with E-state index >= 15 is 0 Å². The third-order valence-corrected chi connectivity index (χ3v) is 14.1. The summed E-state index contributed by atoms with van der Waals surface area (Å²) in [6, 6.07) is 0. The fourth-order valence-corrected chi connectivity index (χ4v) is 9.38. The van der Waals surface area contributed by atoms with E-state index in [0.29, 0.717) is 25.8 Å². The van der Waals surface area contributed by atoms with E-state index in [2.05, 4.69) is 57.2 Å². The van der Waals surface area contributed by atoms with Gasteiger partial charge < -0.3 is 28.6 Å². The number of allylic oxidation sites excluding steroid dienone is 6. The Labute approximate surface area is 455 Å². The summed E-state index contributed by atoms with van der Waals surface area (Å²) in [6.45, 7) is 7.04. The van der Waals surface area contributed by atoms with Crippen molar-refractivity contribution in [1.82, 2.24) is 4.90 Å². The zero-order valence-electron chi connectivity index (χ0n) is 48.7. The number of ether oxygens (including phenoxy) is 5. The van der Waals surface area contributed by atoms with Gasteiger partial charge in [0.2, 0.25) is 12.4 Å². The Morgan fingerprint density at radius 1 is 0.365 bits per heavy atom. The normalized spacial score (nSPS) is 16.8. The van der Waals surface area contributed by atoms with Crippen LogP contribution in [0, 0.1) is 0 Å². The van der Waals surface area contributed by atoms with Gasteiger partial charge in [0, 0.05) is 25.8 Å². The van der Waals surface area contributed by atoms with E-state index in [1.54, 1.807) is 0 Å². The second-order valence-corrected chi connectivity index (χ2v) is 21.7. The molecule has 1 fully saturated rings. The lowest BCUT2D eigenvalue weighted by atomic mass is 10.1. The topological polar surface area (TPSA) is 118 Å². The standard InChI is InChI=1S/C64H115NO9/c1-6-9-12-15-18-21-24-27-30-33-36-39-42-45-48-51-59(67)72-62-57(56-70-58(66)54-55-65(4)5)71-64(74-61(69)53-50-47-44-41-38-35-32-29-26-23-20-17-14-11-8-3)63(62)73-60(68)52-49-46-43-40-37-34-31-28-25-22-19-16-13-10-7-2/h27-32,57,62-64H,6-26,33-56H2,1-5H3/b30-27-,31-28-,32-29-/t57-,62+,63?,64+/m1/s1. The van der Waals surface area contributed by atoms with Crippen molar-refractivity contribution in [3.05, 3.63) is 36.5 Å². The molecule has 1 aliphatic rings. The minimum absolute atomic E-state index is 0.169. The highest BCUT2D eigenvalue weighted by atomic mass is 16.8. The smallest absolute Gasteiger partial charge is 0.308 e. The van der Waals surface area contributed by atoms with Gasteiger partial charge in [0.1, 0.15) is 12.7 Å². The van der Waals surface area contributed by atoms with Gasteiger partial charge in [-0.3, -0.25) is 19.2 Å². The van der Waals surface area contributed by atoms with Crippen molar-refractivity contribution in [2.24, 2.45) is 0 Å². The molecule has 0 amide bonds. The van der Waals surface area contributed by atoms with Crippen LogP contribution in [0.1, 0.15) is 297 Å². The predicted octanol–water partition coefficient (Wildman–Crippen LogP) is 17.7. The van der Waals surface area contributed by atoms with Crippen LogP contribution in [0.3, 0.4) is 0 Å². The van der Waals surface area contributed by atoms with Crippen LogP contribution in [0.15, 0.2) is 36.5 Å². The third-order valence-electron chi connectivity index (χ3n) is 14.1. The van der Waals surface area contributed by atoms with E-state index in [1.165, 1.54) is 135 Å². The number of hydrogen-bond acceptors (Lipinski definition) is 10. The maximum absolute atomic E-state index is 13.5. The zero-order valence-corrected chi connectivity index (χ0v) is 48.7. The van der Waals surface area contributed by atoms with E-state index in [1.807, 2.05) is 19.0 Å². The van der Waals surface area contributed by atoms with Gasteiger partial charge in [0.25, 0.3) is 0 Å². The van der Waals surface area contributed by atoms with Crippen molar-refractivity contribution in [2.75, 3.05) is 27.2 Å². The molecule has 1 saturated heterocycles. The molecule has 1 unspecified atom stereocenters. The monoisotopic (exact) mass is 1040 g/mol. The first-order valence-corrected chi connectivity index (χ1v) is 31.2. The molecule has 1 rings (SSSR count). The van der Waals surface area contributed by atoms with Crippen molar-refractivity contribution >= 4 is 23.9 Å². The number of hydrogen-bond donors (Lipinski definition) is 0. The van der Waals surface area contributed by atoms with Gasteiger partial charge in [0.15, 0.2) is 6.10 Å². The molecule has 0 aromatic carbocycles. The van der Waals surface area contributed by atoms with Crippen LogP contribution in [0.4, 0.5) is 0 Å². The van der Waals surface area contributed by atoms with Crippen LogP contribution in [-0.4, -0.2) is 80.6 Å². The Bertz CT molecular complexity index is 1410. The lowest BCUT2D eigenvalue weighted by Gasteiger charge is -2.24. The number of rotatable bonds is 53. The molecule has 0 aromatic heterocycles.